The fourth-order valence-electron chi connectivity index (χ4n) is 1.68. The van der Waals surface area contributed by atoms with Gasteiger partial charge in [0, 0.05) is 13.0 Å². The Hall–Kier alpha value is -0.353. The lowest BCUT2D eigenvalue weighted by molar-refractivity contribution is -0.141. The Kier molecular flexibility index (Phi) is 8.52. The lowest BCUT2D eigenvalue weighted by Gasteiger charge is -2.23. The van der Waals surface area contributed by atoms with Gasteiger partial charge in [-0.25, -0.2) is 0 Å². The zero-order valence-corrected chi connectivity index (χ0v) is 13.0. The normalized spacial score (nSPS) is 13.5. The summed E-state index contributed by atoms with van der Waals surface area (Å²) < 4.78 is 10.7. The van der Waals surface area contributed by atoms with Gasteiger partial charge in [0.2, 0.25) is 0 Å². The number of carbonyl (C=O) groups is 1. The molecule has 1 atom stereocenters. The fourth-order valence-corrected chi connectivity index (χ4v) is 3.70. The van der Waals surface area contributed by atoms with Crippen LogP contribution in [0.4, 0.5) is 0 Å². The molecule has 0 amide bonds. The van der Waals surface area contributed by atoms with Gasteiger partial charge in [-0.05, 0) is 31.5 Å². The summed E-state index contributed by atoms with van der Waals surface area (Å²) in [6, 6.07) is 1.23. The molecule has 0 N–H and O–H groups in total. The van der Waals surface area contributed by atoms with Crippen LogP contribution < -0.4 is 0 Å². The van der Waals surface area contributed by atoms with E-state index in [0.29, 0.717) is 12.3 Å². The zero-order chi connectivity index (χ0) is 13.3. The second-order valence-corrected chi connectivity index (χ2v) is 9.69. The summed E-state index contributed by atoms with van der Waals surface area (Å²) in [5, 5.41) is 0. The molecule has 102 valence electrons. The Labute approximate surface area is 107 Å². The topological polar surface area (TPSA) is 35.5 Å². The summed E-state index contributed by atoms with van der Waals surface area (Å²) in [6.45, 7) is 9.60. The van der Waals surface area contributed by atoms with Crippen LogP contribution in [0.2, 0.25) is 19.1 Å². The molecular formula is C13H28O3Si. The Bertz CT molecular complexity index is 217. The number of rotatable bonds is 9. The summed E-state index contributed by atoms with van der Waals surface area (Å²) in [6.07, 6.45) is 3.93. The molecule has 0 radical (unpaired) electrons. The van der Waals surface area contributed by atoms with E-state index in [4.69, 9.17) is 4.43 Å². The van der Waals surface area contributed by atoms with E-state index in [2.05, 4.69) is 31.7 Å². The second-order valence-electron chi connectivity index (χ2n) is 5.39. The molecule has 0 spiro atoms. The minimum atomic E-state index is -1.46. The SMILES string of the molecule is CCCC[Si](C)(C)OCC[C@@H](C)CC(=O)OC. The van der Waals surface area contributed by atoms with Crippen molar-refractivity contribution < 1.29 is 14.0 Å². The van der Waals surface area contributed by atoms with E-state index < -0.39 is 8.32 Å². The standard InChI is InChI=1S/C13H28O3Si/c1-6-7-10-17(4,5)16-9-8-12(2)11-13(14)15-3/h12H,6-11H2,1-5H3/t12-/m1/s1. The zero-order valence-electron chi connectivity index (χ0n) is 12.0. The molecule has 0 heterocycles. The van der Waals surface area contributed by atoms with Gasteiger partial charge in [0.05, 0.1) is 7.11 Å². The molecule has 0 bridgehead atoms. The van der Waals surface area contributed by atoms with Crippen LogP contribution in [-0.2, 0) is 14.0 Å². The summed E-state index contributed by atoms with van der Waals surface area (Å²) in [5.74, 6) is 0.221. The molecule has 0 aromatic rings. The van der Waals surface area contributed by atoms with Gasteiger partial charge in [-0.1, -0.05) is 26.7 Å². The van der Waals surface area contributed by atoms with Crippen LogP contribution in [0.15, 0.2) is 0 Å². The highest BCUT2D eigenvalue weighted by molar-refractivity contribution is 6.71. The molecule has 17 heavy (non-hydrogen) atoms. The van der Waals surface area contributed by atoms with Crippen molar-refractivity contribution in [1.82, 2.24) is 0 Å². The Morgan fingerprint density at radius 2 is 2.00 bits per heavy atom. The Morgan fingerprint density at radius 1 is 1.35 bits per heavy atom. The first-order valence-corrected chi connectivity index (χ1v) is 9.73. The van der Waals surface area contributed by atoms with Gasteiger partial charge >= 0.3 is 5.97 Å². The van der Waals surface area contributed by atoms with Crippen molar-refractivity contribution in [2.24, 2.45) is 5.92 Å². The van der Waals surface area contributed by atoms with Crippen LogP contribution >= 0.6 is 0 Å². The van der Waals surface area contributed by atoms with E-state index in [0.717, 1.165) is 13.0 Å². The van der Waals surface area contributed by atoms with Gasteiger partial charge in [-0.3, -0.25) is 4.79 Å². The lowest BCUT2D eigenvalue weighted by Crippen LogP contribution is -2.31. The van der Waals surface area contributed by atoms with Crippen molar-refractivity contribution in [2.45, 2.75) is 58.7 Å². The molecule has 4 heteroatoms. The maximum absolute atomic E-state index is 11.1. The first-order chi connectivity index (χ1) is 7.91. The molecule has 0 unspecified atom stereocenters. The quantitative estimate of drug-likeness (QED) is 0.469. The van der Waals surface area contributed by atoms with Crippen LogP contribution in [0.25, 0.3) is 0 Å². The highest BCUT2D eigenvalue weighted by atomic mass is 28.4. The lowest BCUT2D eigenvalue weighted by atomic mass is 10.1. The van der Waals surface area contributed by atoms with Crippen molar-refractivity contribution in [2.75, 3.05) is 13.7 Å². The molecule has 0 saturated carbocycles. The van der Waals surface area contributed by atoms with Crippen molar-refractivity contribution in [3.63, 3.8) is 0 Å². The molecule has 0 aromatic heterocycles. The Balaban J connectivity index is 3.70. The van der Waals surface area contributed by atoms with E-state index in [9.17, 15) is 4.79 Å². The largest absolute Gasteiger partial charge is 0.469 e. The van der Waals surface area contributed by atoms with Gasteiger partial charge in [-0.2, -0.15) is 0 Å². The number of hydrogen-bond donors (Lipinski definition) is 0. The van der Waals surface area contributed by atoms with E-state index >= 15 is 0 Å². The number of carbonyl (C=O) groups excluding carboxylic acids is 1. The molecule has 0 aliphatic rings. The highest BCUT2D eigenvalue weighted by Crippen LogP contribution is 2.17. The number of ether oxygens (including phenoxy) is 1. The Morgan fingerprint density at radius 3 is 2.53 bits per heavy atom. The molecule has 0 saturated heterocycles. The average Bonchev–Trinajstić information content (AvgIpc) is 2.26. The molecule has 0 fully saturated rings. The van der Waals surface area contributed by atoms with Gasteiger partial charge in [0.1, 0.15) is 0 Å². The van der Waals surface area contributed by atoms with E-state index in [1.165, 1.54) is 26.0 Å². The van der Waals surface area contributed by atoms with Gasteiger partial charge in [-0.15, -0.1) is 0 Å². The van der Waals surface area contributed by atoms with Crippen LogP contribution in [0.5, 0.6) is 0 Å². The monoisotopic (exact) mass is 260 g/mol. The predicted octanol–water partition coefficient (Wildman–Crippen LogP) is 3.60. The second kappa shape index (κ2) is 8.70. The number of unbranched alkanes of at least 4 members (excludes halogenated alkanes) is 1. The third-order valence-electron chi connectivity index (χ3n) is 2.98. The summed E-state index contributed by atoms with van der Waals surface area (Å²) in [5.41, 5.74) is 0. The smallest absolute Gasteiger partial charge is 0.305 e. The molecule has 0 aliphatic carbocycles. The van der Waals surface area contributed by atoms with Gasteiger partial charge < -0.3 is 9.16 Å². The number of methoxy groups -OCH3 is 1. The van der Waals surface area contributed by atoms with Crippen LogP contribution in [0.1, 0.15) is 39.5 Å². The first-order valence-electron chi connectivity index (χ1n) is 6.62. The predicted molar refractivity (Wildman–Crippen MR) is 73.6 cm³/mol. The molecule has 0 rings (SSSR count). The third-order valence-corrected chi connectivity index (χ3v) is 5.52. The summed E-state index contributed by atoms with van der Waals surface area (Å²) >= 11 is 0. The maximum Gasteiger partial charge on any atom is 0.305 e. The molecule has 3 nitrogen and oxygen atoms in total. The van der Waals surface area contributed by atoms with Crippen LogP contribution in [0.3, 0.4) is 0 Å². The summed E-state index contributed by atoms with van der Waals surface area (Å²) in [7, 11) is -0.0187. The minimum Gasteiger partial charge on any atom is -0.469 e. The average molecular weight is 260 g/mol. The minimum absolute atomic E-state index is 0.125. The highest BCUT2D eigenvalue weighted by Gasteiger charge is 2.21. The van der Waals surface area contributed by atoms with Gasteiger partial charge in [0.25, 0.3) is 0 Å². The van der Waals surface area contributed by atoms with Gasteiger partial charge in [0.15, 0.2) is 8.32 Å². The van der Waals surface area contributed by atoms with Crippen LogP contribution in [-0.4, -0.2) is 28.0 Å². The first kappa shape index (κ1) is 16.6. The van der Waals surface area contributed by atoms with Crippen molar-refractivity contribution in [3.8, 4) is 0 Å². The molecule has 0 aromatic carbocycles. The van der Waals surface area contributed by atoms with E-state index in [1.807, 2.05) is 0 Å². The molecule has 0 aliphatic heterocycles. The fraction of sp³-hybridized carbons (Fsp3) is 0.923. The van der Waals surface area contributed by atoms with E-state index in [-0.39, 0.29) is 5.97 Å². The summed E-state index contributed by atoms with van der Waals surface area (Å²) in [4.78, 5) is 11.1. The third kappa shape index (κ3) is 9.36. The molecular weight excluding hydrogens is 232 g/mol. The van der Waals surface area contributed by atoms with Crippen molar-refractivity contribution in [3.05, 3.63) is 0 Å². The van der Waals surface area contributed by atoms with Crippen molar-refractivity contribution >= 4 is 14.3 Å². The number of hydrogen-bond acceptors (Lipinski definition) is 3. The number of esters is 1. The maximum atomic E-state index is 11.1. The van der Waals surface area contributed by atoms with E-state index in [1.54, 1.807) is 0 Å². The van der Waals surface area contributed by atoms with Crippen LogP contribution in [0, 0.1) is 5.92 Å². The van der Waals surface area contributed by atoms with Crippen molar-refractivity contribution in [1.29, 1.82) is 0 Å².